The van der Waals surface area contributed by atoms with Crippen molar-refractivity contribution in [1.82, 2.24) is 0 Å². The van der Waals surface area contributed by atoms with E-state index >= 15 is 0 Å². The number of ether oxygens (including phenoxy) is 3. The number of hydrogen-bond donors (Lipinski definition) is 0. The third kappa shape index (κ3) is 5.28. The van der Waals surface area contributed by atoms with E-state index in [1.807, 2.05) is 0 Å². The van der Waals surface area contributed by atoms with Crippen molar-refractivity contribution >= 4 is 23.7 Å². The van der Waals surface area contributed by atoms with Crippen LogP contribution in [0, 0.1) is 0 Å². The number of rotatable bonds is 4. The van der Waals surface area contributed by atoms with E-state index in [9.17, 15) is 19.2 Å². The monoisotopic (exact) mass is 388 g/mol. The van der Waals surface area contributed by atoms with Crippen LogP contribution >= 0.6 is 0 Å². The zero-order valence-corrected chi connectivity index (χ0v) is 16.5. The van der Waals surface area contributed by atoms with Gasteiger partial charge in [0.25, 0.3) is 0 Å². The van der Waals surface area contributed by atoms with Gasteiger partial charge in [0.15, 0.2) is 5.78 Å². The number of carbonyl (C=O) groups excluding carboxylic acids is 4. The van der Waals surface area contributed by atoms with Crippen LogP contribution in [-0.4, -0.2) is 42.5 Å². The van der Waals surface area contributed by atoms with Gasteiger partial charge in [0.2, 0.25) is 0 Å². The van der Waals surface area contributed by atoms with Crippen LogP contribution in [0.1, 0.15) is 40.5 Å². The molecule has 2 aliphatic rings. The second-order valence-corrected chi connectivity index (χ2v) is 7.07. The van der Waals surface area contributed by atoms with Crippen molar-refractivity contribution in [2.24, 2.45) is 0 Å². The lowest BCUT2D eigenvalue weighted by molar-refractivity contribution is -0.143. The molecule has 7 heteroatoms. The van der Waals surface area contributed by atoms with Crippen molar-refractivity contribution in [2.45, 2.75) is 52.7 Å². The van der Waals surface area contributed by atoms with E-state index in [4.69, 9.17) is 14.2 Å². The Labute approximate surface area is 163 Å². The van der Waals surface area contributed by atoms with Gasteiger partial charge in [-0.3, -0.25) is 9.59 Å². The fourth-order valence-corrected chi connectivity index (χ4v) is 3.07. The molecule has 0 aromatic heterocycles. The highest BCUT2D eigenvalue weighted by Gasteiger charge is 2.40. The predicted octanol–water partition coefficient (Wildman–Crippen LogP) is 2.51. The molecular weight excluding hydrogens is 364 g/mol. The molecule has 0 saturated heterocycles. The lowest BCUT2D eigenvalue weighted by Gasteiger charge is -2.24. The molecule has 1 aliphatic carbocycles. The molecular formula is C21H24O7. The molecule has 0 saturated carbocycles. The van der Waals surface area contributed by atoms with Crippen LogP contribution in [-0.2, 0) is 33.4 Å². The normalized spacial score (nSPS) is 26.3. The molecule has 0 amide bonds. The summed E-state index contributed by atoms with van der Waals surface area (Å²) in [5.74, 6) is -1.91. The Hall–Kier alpha value is -2.96. The lowest BCUT2D eigenvalue weighted by atomic mass is 9.91. The van der Waals surface area contributed by atoms with Crippen molar-refractivity contribution in [3.05, 3.63) is 46.6 Å². The number of carbonyl (C=O) groups is 4. The molecule has 0 radical (unpaired) electrons. The first kappa shape index (κ1) is 21.3. The summed E-state index contributed by atoms with van der Waals surface area (Å²) in [6, 6.07) is 0. The Balaban J connectivity index is 2.57. The average Bonchev–Trinajstić information content (AvgIpc) is 2.85. The third-order valence-corrected chi connectivity index (χ3v) is 4.30. The molecule has 0 bridgehead atoms. The fraction of sp³-hybridized carbons (Fsp3) is 0.429. The Kier molecular flexibility index (Phi) is 6.72. The van der Waals surface area contributed by atoms with E-state index < -0.39 is 30.1 Å². The molecule has 2 atom stereocenters. The van der Waals surface area contributed by atoms with E-state index in [1.54, 1.807) is 19.9 Å². The van der Waals surface area contributed by atoms with E-state index in [1.165, 1.54) is 19.9 Å². The number of ketones is 1. The highest BCUT2D eigenvalue weighted by Crippen LogP contribution is 2.33. The molecule has 1 heterocycles. The molecule has 0 aromatic carbocycles. The Morgan fingerprint density at radius 3 is 2.50 bits per heavy atom. The summed E-state index contributed by atoms with van der Waals surface area (Å²) < 4.78 is 16.0. The van der Waals surface area contributed by atoms with Crippen LogP contribution in [0.15, 0.2) is 46.6 Å². The third-order valence-electron chi connectivity index (χ3n) is 4.30. The van der Waals surface area contributed by atoms with Gasteiger partial charge in [0.05, 0.1) is 5.57 Å². The Morgan fingerprint density at radius 2 is 1.89 bits per heavy atom. The summed E-state index contributed by atoms with van der Waals surface area (Å²) in [4.78, 5) is 48.0. The minimum atomic E-state index is -0.864. The maximum absolute atomic E-state index is 12.4. The smallest absolute Gasteiger partial charge is 0.338 e. The molecule has 0 N–H and O–H groups in total. The quantitative estimate of drug-likeness (QED) is 0.316. The van der Waals surface area contributed by atoms with E-state index in [-0.39, 0.29) is 36.4 Å². The summed E-state index contributed by atoms with van der Waals surface area (Å²) in [6.45, 7) is 9.55. The first-order chi connectivity index (χ1) is 13.1. The summed E-state index contributed by atoms with van der Waals surface area (Å²) in [6.07, 6.45) is 1.88. The lowest BCUT2D eigenvalue weighted by Crippen LogP contribution is -2.28. The van der Waals surface area contributed by atoms with Gasteiger partial charge in [-0.1, -0.05) is 17.7 Å². The number of allylic oxidation sites excluding steroid dienone is 2. The maximum atomic E-state index is 12.4. The van der Waals surface area contributed by atoms with Crippen LogP contribution in [0.3, 0.4) is 0 Å². The molecule has 150 valence electrons. The molecule has 0 spiro atoms. The van der Waals surface area contributed by atoms with Crippen molar-refractivity contribution in [1.29, 1.82) is 0 Å². The van der Waals surface area contributed by atoms with Gasteiger partial charge in [-0.05, 0) is 32.9 Å². The first-order valence-electron chi connectivity index (χ1n) is 8.89. The van der Waals surface area contributed by atoms with Gasteiger partial charge in [0.1, 0.15) is 18.8 Å². The number of hydrogen-bond acceptors (Lipinski definition) is 7. The van der Waals surface area contributed by atoms with Crippen molar-refractivity contribution < 1.29 is 33.4 Å². The predicted molar refractivity (Wildman–Crippen MR) is 100.0 cm³/mol. The van der Waals surface area contributed by atoms with Crippen LogP contribution in [0.2, 0.25) is 0 Å². The summed E-state index contributed by atoms with van der Waals surface area (Å²) >= 11 is 0. The van der Waals surface area contributed by atoms with E-state index in [0.717, 1.165) is 0 Å². The SMILES string of the molecule is C=C(C)C(=O)O[C@H]1C/C(C)=C/C(=O)C/C(C)=C/[C@H]2OC(=O)C(COC(C)=O)=C12. The molecule has 28 heavy (non-hydrogen) atoms. The van der Waals surface area contributed by atoms with Crippen LogP contribution in [0.5, 0.6) is 0 Å². The Bertz CT molecular complexity index is 826. The summed E-state index contributed by atoms with van der Waals surface area (Å²) in [5, 5.41) is 0. The van der Waals surface area contributed by atoms with Gasteiger partial charge < -0.3 is 14.2 Å². The Morgan fingerprint density at radius 1 is 1.21 bits per heavy atom. The molecule has 7 nitrogen and oxygen atoms in total. The van der Waals surface area contributed by atoms with Gasteiger partial charge in [-0.15, -0.1) is 0 Å². The second-order valence-electron chi connectivity index (χ2n) is 7.07. The van der Waals surface area contributed by atoms with Crippen LogP contribution in [0.25, 0.3) is 0 Å². The molecule has 0 aromatic rings. The van der Waals surface area contributed by atoms with E-state index in [0.29, 0.717) is 16.7 Å². The standard InChI is InChI=1S/C21H24O7/c1-11(2)20(24)27-17-8-12(3)6-15(23)7-13(4)9-18-19(17)16(21(25)28-18)10-26-14(5)22/h6,9,17-18H,1,7-8,10H2,2-5H3/b12-6+,13-9+/t17-,18+/m0/s1. The van der Waals surface area contributed by atoms with E-state index in [2.05, 4.69) is 6.58 Å². The minimum Gasteiger partial charge on any atom is -0.461 e. The van der Waals surface area contributed by atoms with Crippen molar-refractivity contribution in [3.8, 4) is 0 Å². The average molecular weight is 388 g/mol. The maximum Gasteiger partial charge on any atom is 0.338 e. The summed E-state index contributed by atoms with van der Waals surface area (Å²) in [5.41, 5.74) is 2.16. The molecule has 0 unspecified atom stereocenters. The molecule has 0 fully saturated rings. The molecule has 2 rings (SSSR count). The highest BCUT2D eigenvalue weighted by molar-refractivity contribution is 5.95. The van der Waals surface area contributed by atoms with Crippen molar-refractivity contribution in [2.75, 3.05) is 6.61 Å². The van der Waals surface area contributed by atoms with Gasteiger partial charge in [-0.25, -0.2) is 9.59 Å². The van der Waals surface area contributed by atoms with Crippen molar-refractivity contribution in [3.63, 3.8) is 0 Å². The minimum absolute atomic E-state index is 0.0897. The van der Waals surface area contributed by atoms with Gasteiger partial charge in [0, 0.05) is 30.9 Å². The zero-order valence-electron chi connectivity index (χ0n) is 16.5. The first-order valence-corrected chi connectivity index (χ1v) is 8.89. The zero-order chi connectivity index (χ0) is 21.0. The van der Waals surface area contributed by atoms with Crippen LogP contribution < -0.4 is 0 Å². The van der Waals surface area contributed by atoms with Gasteiger partial charge in [-0.2, -0.15) is 0 Å². The summed E-state index contributed by atoms with van der Waals surface area (Å²) in [7, 11) is 0. The number of fused-ring (bicyclic) bond motifs is 1. The van der Waals surface area contributed by atoms with Gasteiger partial charge >= 0.3 is 17.9 Å². The van der Waals surface area contributed by atoms with Crippen LogP contribution in [0.4, 0.5) is 0 Å². The number of esters is 3. The second kappa shape index (κ2) is 8.82. The fourth-order valence-electron chi connectivity index (χ4n) is 3.07. The molecule has 1 aliphatic heterocycles. The largest absolute Gasteiger partial charge is 0.461 e. The highest BCUT2D eigenvalue weighted by atomic mass is 16.6. The topological polar surface area (TPSA) is 96.0 Å².